The van der Waals surface area contributed by atoms with Gasteiger partial charge in [-0.3, -0.25) is 9.59 Å². The van der Waals surface area contributed by atoms with Crippen molar-refractivity contribution in [3.8, 4) is 0 Å². The molecule has 0 aliphatic rings. The number of methoxy groups -OCH3 is 1. The zero-order valence-electron chi connectivity index (χ0n) is 24.1. The molecule has 0 saturated heterocycles. The number of hydrogen-bond acceptors (Lipinski definition) is 4. The number of amides is 2. The third-order valence-electron chi connectivity index (χ3n) is 7.13. The molecule has 0 fully saturated rings. The molecule has 0 unspecified atom stereocenters. The van der Waals surface area contributed by atoms with Crippen LogP contribution in [0.15, 0.2) is 85.1 Å². The van der Waals surface area contributed by atoms with E-state index in [9.17, 15) is 22.8 Å². The lowest BCUT2D eigenvalue weighted by Crippen LogP contribution is -2.45. The molecule has 0 radical (unpaired) electrons. The third kappa shape index (κ3) is 9.42. The molecule has 1 N–H and O–H groups in total. The van der Waals surface area contributed by atoms with Crippen molar-refractivity contribution in [1.82, 2.24) is 14.8 Å². The number of alkyl halides is 3. The highest BCUT2D eigenvalue weighted by molar-refractivity contribution is 5.86. The van der Waals surface area contributed by atoms with Crippen LogP contribution in [0.4, 0.5) is 13.2 Å². The predicted molar refractivity (Wildman–Crippen MR) is 158 cm³/mol. The Labute approximate surface area is 249 Å². The van der Waals surface area contributed by atoms with Gasteiger partial charge in [-0.1, -0.05) is 60.7 Å². The molecule has 0 bridgehead atoms. The first-order chi connectivity index (χ1) is 20.7. The summed E-state index contributed by atoms with van der Waals surface area (Å²) in [5, 5.41) is 1.04. The fourth-order valence-corrected chi connectivity index (χ4v) is 4.78. The van der Waals surface area contributed by atoms with E-state index in [2.05, 4.69) is 4.98 Å². The van der Waals surface area contributed by atoms with Gasteiger partial charge in [-0.15, -0.1) is 0 Å². The summed E-state index contributed by atoms with van der Waals surface area (Å²) in [6.45, 7) is 1.00. The summed E-state index contributed by atoms with van der Waals surface area (Å²) in [7, 11) is 1.57. The van der Waals surface area contributed by atoms with Crippen LogP contribution in [0.3, 0.4) is 0 Å². The second-order valence-corrected chi connectivity index (χ2v) is 10.3. The molecular formula is C33H36F3N3O4. The topological polar surface area (TPSA) is 74.9 Å². The minimum absolute atomic E-state index is 0.101. The summed E-state index contributed by atoms with van der Waals surface area (Å²) >= 11 is 0. The zero-order valence-corrected chi connectivity index (χ0v) is 24.1. The minimum Gasteiger partial charge on any atom is -0.385 e. The Hall–Kier alpha value is -4.15. The number of carbonyl (C=O) groups is 2. The number of rotatable bonds is 15. The maximum atomic E-state index is 13.7. The Morgan fingerprint density at radius 1 is 0.837 bits per heavy atom. The summed E-state index contributed by atoms with van der Waals surface area (Å²) in [5.41, 5.74) is 2.73. The van der Waals surface area contributed by atoms with E-state index in [-0.39, 0.29) is 38.1 Å². The molecule has 3 aromatic carbocycles. The van der Waals surface area contributed by atoms with Crippen LogP contribution in [-0.4, -0.2) is 66.6 Å². The monoisotopic (exact) mass is 595 g/mol. The van der Waals surface area contributed by atoms with Crippen LogP contribution in [0, 0.1) is 0 Å². The van der Waals surface area contributed by atoms with E-state index in [0.717, 1.165) is 34.2 Å². The number of aromatic nitrogens is 1. The minimum atomic E-state index is -4.45. The molecule has 43 heavy (non-hydrogen) atoms. The molecule has 0 spiro atoms. The maximum absolute atomic E-state index is 13.7. The summed E-state index contributed by atoms with van der Waals surface area (Å²) in [4.78, 5) is 33.1. The van der Waals surface area contributed by atoms with Crippen molar-refractivity contribution >= 4 is 22.7 Å². The van der Waals surface area contributed by atoms with Gasteiger partial charge < -0.3 is 24.3 Å². The number of H-pyrrole nitrogens is 1. The molecule has 4 rings (SSSR count). The molecule has 1 aromatic heterocycles. The van der Waals surface area contributed by atoms with E-state index in [1.807, 2.05) is 60.8 Å². The van der Waals surface area contributed by atoms with Crippen molar-refractivity contribution in [3.63, 3.8) is 0 Å². The number of nitrogens with zero attached hydrogens (tertiary/aromatic N) is 2. The van der Waals surface area contributed by atoms with Gasteiger partial charge in [-0.25, -0.2) is 0 Å². The van der Waals surface area contributed by atoms with E-state index in [1.165, 1.54) is 17.0 Å². The summed E-state index contributed by atoms with van der Waals surface area (Å²) in [6.07, 6.45) is -1.50. The van der Waals surface area contributed by atoms with E-state index in [0.29, 0.717) is 38.1 Å². The lowest BCUT2D eigenvalue weighted by Gasteiger charge is -2.28. The molecule has 0 atom stereocenters. The number of hydrogen-bond donors (Lipinski definition) is 1. The Morgan fingerprint density at radius 2 is 1.56 bits per heavy atom. The lowest BCUT2D eigenvalue weighted by atomic mass is 10.1. The highest BCUT2D eigenvalue weighted by Gasteiger charge is 2.30. The number of nitrogens with one attached hydrogen (secondary N) is 1. The van der Waals surface area contributed by atoms with E-state index < -0.39 is 11.7 Å². The van der Waals surface area contributed by atoms with Crippen molar-refractivity contribution in [3.05, 3.63) is 107 Å². The van der Waals surface area contributed by atoms with Crippen molar-refractivity contribution in [2.75, 3.05) is 40.0 Å². The Morgan fingerprint density at radius 3 is 2.28 bits per heavy atom. The largest absolute Gasteiger partial charge is 0.416 e. The van der Waals surface area contributed by atoms with Gasteiger partial charge in [0, 0.05) is 50.5 Å². The highest BCUT2D eigenvalue weighted by Crippen LogP contribution is 2.29. The Bertz CT molecular complexity index is 1460. The number of aromatic amines is 1. The fraction of sp³-hybridized carbons (Fsp3) is 0.333. The van der Waals surface area contributed by atoms with Crippen LogP contribution < -0.4 is 0 Å². The standard InChI is InChI=1S/C33H36F3N3O4/c1-42-19-7-17-38(32(41)24-43-23-26-8-3-2-4-9-26)22-31(40)39(21-25-12-14-28(15-13-25)33(34,35)36)18-16-27-20-37-30-11-6-5-10-29(27)30/h2-6,8-15,20,37H,7,16-19,21-24H2,1H3. The lowest BCUT2D eigenvalue weighted by molar-refractivity contribution is -0.144. The molecule has 4 aromatic rings. The third-order valence-corrected chi connectivity index (χ3v) is 7.13. The van der Waals surface area contributed by atoms with Gasteiger partial charge in [0.05, 0.1) is 18.7 Å². The van der Waals surface area contributed by atoms with Gasteiger partial charge in [-0.2, -0.15) is 13.2 Å². The summed E-state index contributed by atoms with van der Waals surface area (Å²) in [6, 6.07) is 22.1. The second kappa shape index (κ2) is 15.4. The smallest absolute Gasteiger partial charge is 0.385 e. The van der Waals surface area contributed by atoms with Gasteiger partial charge in [0.15, 0.2) is 0 Å². The van der Waals surface area contributed by atoms with Gasteiger partial charge in [0.1, 0.15) is 6.61 Å². The molecule has 2 amide bonds. The van der Waals surface area contributed by atoms with Crippen molar-refractivity contribution in [1.29, 1.82) is 0 Å². The number of halogens is 3. The van der Waals surface area contributed by atoms with E-state index >= 15 is 0 Å². The van der Waals surface area contributed by atoms with Gasteiger partial charge in [0.25, 0.3) is 0 Å². The molecule has 0 aliphatic heterocycles. The molecule has 0 aliphatic carbocycles. The van der Waals surface area contributed by atoms with Gasteiger partial charge in [0.2, 0.25) is 11.8 Å². The highest BCUT2D eigenvalue weighted by atomic mass is 19.4. The zero-order chi connectivity index (χ0) is 30.7. The number of fused-ring (bicyclic) bond motifs is 1. The summed E-state index contributed by atoms with van der Waals surface area (Å²) < 4.78 is 50.2. The average Bonchev–Trinajstić information content (AvgIpc) is 3.42. The number of carbonyl (C=O) groups excluding carboxylic acids is 2. The molecule has 10 heteroatoms. The summed E-state index contributed by atoms with van der Waals surface area (Å²) in [5.74, 6) is -0.639. The van der Waals surface area contributed by atoms with Gasteiger partial charge >= 0.3 is 6.18 Å². The van der Waals surface area contributed by atoms with E-state index in [1.54, 1.807) is 12.0 Å². The van der Waals surface area contributed by atoms with Crippen LogP contribution in [-0.2, 0) is 44.8 Å². The first-order valence-electron chi connectivity index (χ1n) is 14.1. The van der Waals surface area contributed by atoms with Crippen LogP contribution >= 0.6 is 0 Å². The molecule has 1 heterocycles. The molecule has 0 saturated carbocycles. The number of benzene rings is 3. The molecular weight excluding hydrogens is 559 g/mol. The second-order valence-electron chi connectivity index (χ2n) is 10.3. The van der Waals surface area contributed by atoms with Crippen molar-refractivity contribution in [2.24, 2.45) is 0 Å². The quantitative estimate of drug-likeness (QED) is 0.175. The van der Waals surface area contributed by atoms with Crippen LogP contribution in [0.2, 0.25) is 0 Å². The van der Waals surface area contributed by atoms with Crippen molar-refractivity contribution in [2.45, 2.75) is 32.2 Å². The van der Waals surface area contributed by atoms with E-state index in [4.69, 9.17) is 9.47 Å². The maximum Gasteiger partial charge on any atom is 0.416 e. The molecule has 228 valence electrons. The first-order valence-corrected chi connectivity index (χ1v) is 14.1. The predicted octanol–water partition coefficient (Wildman–Crippen LogP) is 5.84. The molecule has 7 nitrogen and oxygen atoms in total. The van der Waals surface area contributed by atoms with Crippen LogP contribution in [0.25, 0.3) is 10.9 Å². The average molecular weight is 596 g/mol. The number of ether oxygens (including phenoxy) is 2. The van der Waals surface area contributed by atoms with Crippen LogP contribution in [0.1, 0.15) is 28.7 Å². The normalized spacial score (nSPS) is 11.5. The number of para-hydroxylation sites is 1. The fourth-order valence-electron chi connectivity index (χ4n) is 4.78. The van der Waals surface area contributed by atoms with Crippen LogP contribution in [0.5, 0.6) is 0 Å². The van der Waals surface area contributed by atoms with Crippen molar-refractivity contribution < 1.29 is 32.2 Å². The Kier molecular flexibility index (Phi) is 11.4. The SMILES string of the molecule is COCCCN(CC(=O)N(CCc1c[nH]c2ccccc12)Cc1ccc(C(F)(F)F)cc1)C(=O)COCc1ccccc1. The first kappa shape index (κ1) is 31.8. The van der Waals surface area contributed by atoms with Gasteiger partial charge in [-0.05, 0) is 47.7 Å². The Balaban J connectivity index is 1.47.